The lowest BCUT2D eigenvalue weighted by Crippen LogP contribution is -2.09. The van der Waals surface area contributed by atoms with Crippen LogP contribution in [0, 0.1) is 0 Å². The second-order valence-electron chi connectivity index (χ2n) is 4.96. The highest BCUT2D eigenvalue weighted by Crippen LogP contribution is 2.35. The molecular formula is C17H18BrNOS. The highest BCUT2D eigenvalue weighted by Gasteiger charge is 2.12. The van der Waals surface area contributed by atoms with Crippen LogP contribution in [0.1, 0.15) is 37.3 Å². The molecule has 0 saturated carbocycles. The van der Waals surface area contributed by atoms with Crippen molar-refractivity contribution < 1.29 is 4.74 Å². The van der Waals surface area contributed by atoms with Gasteiger partial charge in [-0.2, -0.15) is 0 Å². The van der Waals surface area contributed by atoms with Crippen molar-refractivity contribution in [2.45, 2.75) is 26.2 Å². The van der Waals surface area contributed by atoms with Gasteiger partial charge in [0.05, 0.1) is 4.47 Å². The minimum atomic E-state index is 0.377. The van der Waals surface area contributed by atoms with Gasteiger partial charge in [0.2, 0.25) is 0 Å². The monoisotopic (exact) mass is 363 g/mol. The van der Waals surface area contributed by atoms with E-state index >= 15 is 0 Å². The van der Waals surface area contributed by atoms with Crippen LogP contribution in [-0.4, -0.2) is 4.99 Å². The van der Waals surface area contributed by atoms with E-state index in [9.17, 15) is 0 Å². The largest absolute Gasteiger partial charge is 0.456 e. The summed E-state index contributed by atoms with van der Waals surface area (Å²) in [7, 11) is 0. The summed E-state index contributed by atoms with van der Waals surface area (Å²) in [5.74, 6) is 2.09. The molecule has 0 amide bonds. The second kappa shape index (κ2) is 7.05. The fourth-order valence-electron chi connectivity index (χ4n) is 2.06. The summed E-state index contributed by atoms with van der Waals surface area (Å²) < 4.78 is 6.91. The molecule has 2 N–H and O–H groups in total. The summed E-state index contributed by atoms with van der Waals surface area (Å²) in [5, 5.41) is 0. The molecule has 0 fully saturated rings. The standard InChI is InChI=1S/C17H18BrNOS/c1-3-11(2)13-6-4-5-7-15(13)20-16-9-8-12(17(19)21)10-14(16)18/h4-11H,3H2,1-2H3,(H2,19,21). The van der Waals surface area contributed by atoms with Crippen molar-refractivity contribution in [1.29, 1.82) is 0 Å². The Morgan fingerprint density at radius 3 is 2.57 bits per heavy atom. The first-order chi connectivity index (χ1) is 10.0. The number of ether oxygens (including phenoxy) is 1. The van der Waals surface area contributed by atoms with Crippen molar-refractivity contribution in [2.24, 2.45) is 5.73 Å². The fraction of sp³-hybridized carbons (Fsp3) is 0.235. The van der Waals surface area contributed by atoms with Gasteiger partial charge in [0.1, 0.15) is 16.5 Å². The van der Waals surface area contributed by atoms with E-state index < -0.39 is 0 Å². The lowest BCUT2D eigenvalue weighted by atomic mass is 9.98. The normalized spacial score (nSPS) is 12.0. The molecule has 0 spiro atoms. The molecule has 1 unspecified atom stereocenters. The summed E-state index contributed by atoms with van der Waals surface area (Å²) in [6.45, 7) is 4.38. The van der Waals surface area contributed by atoms with Crippen molar-refractivity contribution in [3.63, 3.8) is 0 Å². The molecule has 21 heavy (non-hydrogen) atoms. The third-order valence-corrected chi connectivity index (χ3v) is 4.35. The van der Waals surface area contributed by atoms with Gasteiger partial charge in [-0.3, -0.25) is 0 Å². The summed E-state index contributed by atoms with van der Waals surface area (Å²) in [5.41, 5.74) is 7.67. The van der Waals surface area contributed by atoms with E-state index in [0.717, 1.165) is 28.0 Å². The highest BCUT2D eigenvalue weighted by atomic mass is 79.9. The van der Waals surface area contributed by atoms with Crippen LogP contribution in [-0.2, 0) is 0 Å². The zero-order chi connectivity index (χ0) is 15.4. The van der Waals surface area contributed by atoms with Crippen molar-refractivity contribution >= 4 is 33.1 Å². The molecule has 110 valence electrons. The second-order valence-corrected chi connectivity index (χ2v) is 6.25. The Kier molecular flexibility index (Phi) is 5.37. The van der Waals surface area contributed by atoms with Gasteiger partial charge < -0.3 is 10.5 Å². The Hall–Kier alpha value is -1.39. The Balaban J connectivity index is 2.33. The Morgan fingerprint density at radius 2 is 1.95 bits per heavy atom. The van der Waals surface area contributed by atoms with Crippen molar-refractivity contribution in [3.8, 4) is 11.5 Å². The molecule has 0 radical (unpaired) electrons. The van der Waals surface area contributed by atoms with Crippen LogP contribution in [0.2, 0.25) is 0 Å². The Bertz CT molecular complexity index is 657. The number of hydrogen-bond acceptors (Lipinski definition) is 2. The summed E-state index contributed by atoms with van der Waals surface area (Å²) in [4.78, 5) is 0.377. The SMILES string of the molecule is CCC(C)c1ccccc1Oc1ccc(C(N)=S)cc1Br. The van der Waals surface area contributed by atoms with Crippen molar-refractivity contribution in [2.75, 3.05) is 0 Å². The molecule has 2 nitrogen and oxygen atoms in total. The average Bonchev–Trinajstić information content (AvgIpc) is 2.49. The van der Waals surface area contributed by atoms with Gasteiger partial charge in [-0.05, 0) is 58.1 Å². The van der Waals surface area contributed by atoms with Gasteiger partial charge in [-0.1, -0.05) is 44.3 Å². The summed E-state index contributed by atoms with van der Waals surface area (Å²) in [6.07, 6.45) is 1.07. The third-order valence-electron chi connectivity index (χ3n) is 3.50. The third kappa shape index (κ3) is 3.83. The molecular weight excluding hydrogens is 346 g/mol. The molecule has 0 aliphatic rings. The maximum absolute atomic E-state index is 6.07. The lowest BCUT2D eigenvalue weighted by Gasteiger charge is -2.16. The molecule has 2 aromatic carbocycles. The van der Waals surface area contributed by atoms with Crippen molar-refractivity contribution in [3.05, 3.63) is 58.1 Å². The van der Waals surface area contributed by atoms with Gasteiger partial charge in [0.15, 0.2) is 0 Å². The van der Waals surface area contributed by atoms with E-state index in [-0.39, 0.29) is 0 Å². The van der Waals surface area contributed by atoms with E-state index in [1.807, 2.05) is 36.4 Å². The van der Waals surface area contributed by atoms with Crippen LogP contribution in [0.25, 0.3) is 0 Å². The first kappa shape index (κ1) is 16.0. The van der Waals surface area contributed by atoms with Gasteiger partial charge in [0, 0.05) is 5.56 Å². The number of rotatable bonds is 5. The Labute approximate surface area is 139 Å². The van der Waals surface area contributed by atoms with Crippen LogP contribution >= 0.6 is 28.1 Å². The average molecular weight is 364 g/mol. The van der Waals surface area contributed by atoms with E-state index in [4.69, 9.17) is 22.7 Å². The molecule has 0 heterocycles. The topological polar surface area (TPSA) is 35.2 Å². The molecule has 0 aliphatic carbocycles. The zero-order valence-corrected chi connectivity index (χ0v) is 14.5. The molecule has 2 rings (SSSR count). The molecule has 4 heteroatoms. The van der Waals surface area contributed by atoms with E-state index in [1.165, 1.54) is 5.56 Å². The van der Waals surface area contributed by atoms with E-state index in [2.05, 4.69) is 35.8 Å². The number of para-hydroxylation sites is 1. The quantitative estimate of drug-likeness (QED) is 0.723. The molecule has 0 aliphatic heterocycles. The first-order valence-electron chi connectivity index (χ1n) is 6.89. The smallest absolute Gasteiger partial charge is 0.141 e. The number of benzene rings is 2. The number of nitrogens with two attached hydrogens (primary N) is 1. The minimum absolute atomic E-state index is 0.377. The van der Waals surface area contributed by atoms with Gasteiger partial charge in [0.25, 0.3) is 0 Å². The minimum Gasteiger partial charge on any atom is -0.456 e. The van der Waals surface area contributed by atoms with E-state index in [0.29, 0.717) is 10.9 Å². The zero-order valence-electron chi connectivity index (χ0n) is 12.1. The van der Waals surface area contributed by atoms with Crippen LogP contribution in [0.4, 0.5) is 0 Å². The number of hydrogen-bond donors (Lipinski definition) is 1. The highest BCUT2D eigenvalue weighted by molar-refractivity contribution is 9.10. The first-order valence-corrected chi connectivity index (χ1v) is 8.09. The van der Waals surface area contributed by atoms with Crippen LogP contribution < -0.4 is 10.5 Å². The lowest BCUT2D eigenvalue weighted by molar-refractivity contribution is 0.467. The van der Waals surface area contributed by atoms with Crippen LogP contribution in [0.5, 0.6) is 11.5 Å². The van der Waals surface area contributed by atoms with Gasteiger partial charge >= 0.3 is 0 Å². The molecule has 0 aromatic heterocycles. The van der Waals surface area contributed by atoms with Crippen LogP contribution in [0.3, 0.4) is 0 Å². The predicted molar refractivity (Wildman–Crippen MR) is 95.3 cm³/mol. The summed E-state index contributed by atoms with van der Waals surface area (Å²) >= 11 is 8.49. The van der Waals surface area contributed by atoms with Gasteiger partial charge in [-0.25, -0.2) is 0 Å². The van der Waals surface area contributed by atoms with Crippen LogP contribution in [0.15, 0.2) is 46.9 Å². The maximum atomic E-state index is 6.07. The van der Waals surface area contributed by atoms with Crippen molar-refractivity contribution in [1.82, 2.24) is 0 Å². The van der Waals surface area contributed by atoms with Gasteiger partial charge in [-0.15, -0.1) is 0 Å². The maximum Gasteiger partial charge on any atom is 0.141 e. The number of thiocarbonyl (C=S) groups is 1. The Morgan fingerprint density at radius 1 is 1.24 bits per heavy atom. The van der Waals surface area contributed by atoms with E-state index in [1.54, 1.807) is 0 Å². The summed E-state index contributed by atoms with van der Waals surface area (Å²) in [6, 6.07) is 13.8. The molecule has 2 aromatic rings. The molecule has 0 saturated heterocycles. The predicted octanol–water partition coefficient (Wildman–Crippen LogP) is 5.39. The fourth-order valence-corrected chi connectivity index (χ4v) is 2.64. The molecule has 0 bridgehead atoms. The number of halogens is 1. The molecule has 1 atom stereocenters.